The predicted molar refractivity (Wildman–Crippen MR) is 113 cm³/mol. The molecule has 0 bridgehead atoms. The maximum absolute atomic E-state index is 12.6. The Morgan fingerprint density at radius 2 is 1.89 bits per heavy atom. The van der Waals surface area contributed by atoms with E-state index >= 15 is 0 Å². The van der Waals surface area contributed by atoms with E-state index in [4.69, 9.17) is 9.97 Å². The normalized spacial score (nSPS) is 16.5. The molecule has 0 spiro atoms. The number of aromatic nitrogens is 4. The van der Waals surface area contributed by atoms with Gasteiger partial charge < -0.3 is 9.55 Å². The molecule has 5 nitrogen and oxygen atoms in total. The quantitative estimate of drug-likeness (QED) is 0.595. The SMILES string of the molecule is Cc1nc(SC(C)c2nc3sc(C)c(C)c3c(=O)[nH]2)n(C2CCCC2)c1C. The molecule has 4 rings (SSSR count). The van der Waals surface area contributed by atoms with Gasteiger partial charge in [0.25, 0.3) is 5.56 Å². The van der Waals surface area contributed by atoms with Crippen LogP contribution in [0.25, 0.3) is 10.2 Å². The van der Waals surface area contributed by atoms with Crippen LogP contribution in [0, 0.1) is 27.7 Å². The summed E-state index contributed by atoms with van der Waals surface area (Å²) < 4.78 is 2.42. The molecule has 1 aliphatic carbocycles. The van der Waals surface area contributed by atoms with Gasteiger partial charge in [0.1, 0.15) is 10.7 Å². The summed E-state index contributed by atoms with van der Waals surface area (Å²) in [6.07, 6.45) is 5.05. The highest BCUT2D eigenvalue weighted by Crippen LogP contribution is 2.39. The highest BCUT2D eigenvalue weighted by Gasteiger charge is 2.25. The maximum atomic E-state index is 12.6. The van der Waals surface area contributed by atoms with Gasteiger partial charge in [-0.25, -0.2) is 9.97 Å². The van der Waals surface area contributed by atoms with E-state index in [0.29, 0.717) is 6.04 Å². The minimum atomic E-state index is -0.0317. The zero-order valence-corrected chi connectivity index (χ0v) is 18.2. The summed E-state index contributed by atoms with van der Waals surface area (Å²) in [4.78, 5) is 27.2. The average molecular weight is 403 g/mol. The van der Waals surface area contributed by atoms with Crippen molar-refractivity contribution in [2.24, 2.45) is 0 Å². The second kappa shape index (κ2) is 7.09. The first-order valence-corrected chi connectivity index (χ1v) is 11.3. The summed E-state index contributed by atoms with van der Waals surface area (Å²) in [6.45, 7) is 10.4. The van der Waals surface area contributed by atoms with E-state index in [9.17, 15) is 4.79 Å². The van der Waals surface area contributed by atoms with Crippen LogP contribution in [-0.4, -0.2) is 19.5 Å². The first kappa shape index (κ1) is 18.7. The van der Waals surface area contributed by atoms with Crippen LogP contribution in [0.5, 0.6) is 0 Å². The largest absolute Gasteiger partial charge is 0.320 e. The number of H-pyrrole nitrogens is 1. The molecule has 3 aromatic heterocycles. The summed E-state index contributed by atoms with van der Waals surface area (Å²) in [7, 11) is 0. The maximum Gasteiger partial charge on any atom is 0.259 e. The van der Waals surface area contributed by atoms with Crippen LogP contribution in [0.1, 0.15) is 71.6 Å². The predicted octanol–water partition coefficient (Wildman–Crippen LogP) is 5.38. The summed E-state index contributed by atoms with van der Waals surface area (Å²) in [6, 6.07) is 0.554. The number of fused-ring (bicyclic) bond motifs is 1. The molecule has 1 aliphatic rings. The third-order valence-corrected chi connectivity index (χ3v) is 7.95. The summed E-state index contributed by atoms with van der Waals surface area (Å²) in [5.41, 5.74) is 3.37. The molecule has 1 atom stereocenters. The number of rotatable bonds is 4. The fraction of sp³-hybridized carbons (Fsp3) is 0.550. The van der Waals surface area contributed by atoms with Crippen molar-refractivity contribution in [1.29, 1.82) is 0 Å². The number of hydrogen-bond acceptors (Lipinski definition) is 5. The van der Waals surface area contributed by atoms with Gasteiger partial charge in [-0.05, 0) is 53.0 Å². The standard InChI is InChI=1S/C20H26N4OS2/c1-10-13(4)26-19-16(10)18(25)22-17(23-19)14(5)27-20-21-11(2)12(3)24(20)15-8-6-7-9-15/h14-15H,6-9H2,1-5H3,(H,22,23,25). The Kier molecular flexibility index (Phi) is 4.93. The second-order valence-corrected chi connectivity index (χ2v) is 10.1. The summed E-state index contributed by atoms with van der Waals surface area (Å²) >= 11 is 3.30. The Morgan fingerprint density at radius 3 is 2.59 bits per heavy atom. The lowest BCUT2D eigenvalue weighted by Crippen LogP contribution is -2.13. The van der Waals surface area contributed by atoms with Gasteiger partial charge in [0.2, 0.25) is 0 Å². The molecule has 1 saturated carbocycles. The van der Waals surface area contributed by atoms with Crippen LogP contribution in [0.2, 0.25) is 0 Å². The van der Waals surface area contributed by atoms with Gasteiger partial charge in [-0.3, -0.25) is 4.79 Å². The van der Waals surface area contributed by atoms with Crippen molar-refractivity contribution < 1.29 is 0 Å². The lowest BCUT2D eigenvalue weighted by Gasteiger charge is -2.18. The average Bonchev–Trinajstić information content (AvgIpc) is 3.29. The van der Waals surface area contributed by atoms with Gasteiger partial charge in [-0.1, -0.05) is 24.6 Å². The van der Waals surface area contributed by atoms with Gasteiger partial charge in [-0.15, -0.1) is 11.3 Å². The Morgan fingerprint density at radius 1 is 1.19 bits per heavy atom. The Labute approximate surface area is 167 Å². The van der Waals surface area contributed by atoms with E-state index in [1.807, 2.05) is 13.8 Å². The molecular weight excluding hydrogens is 376 g/mol. The molecule has 0 saturated heterocycles. The van der Waals surface area contributed by atoms with Crippen LogP contribution in [0.15, 0.2) is 9.95 Å². The van der Waals surface area contributed by atoms with E-state index in [1.54, 1.807) is 23.1 Å². The summed E-state index contributed by atoms with van der Waals surface area (Å²) in [5.74, 6) is 0.732. The third kappa shape index (κ3) is 3.25. The number of thioether (sulfide) groups is 1. The van der Waals surface area contributed by atoms with Gasteiger partial charge in [0.05, 0.1) is 16.3 Å². The number of imidazole rings is 1. The Bertz CT molecular complexity index is 1060. The smallest absolute Gasteiger partial charge is 0.259 e. The van der Waals surface area contributed by atoms with Crippen molar-refractivity contribution >= 4 is 33.3 Å². The highest BCUT2D eigenvalue weighted by molar-refractivity contribution is 7.99. The van der Waals surface area contributed by atoms with E-state index in [-0.39, 0.29) is 10.8 Å². The van der Waals surface area contributed by atoms with Crippen LogP contribution in [0.4, 0.5) is 0 Å². The van der Waals surface area contributed by atoms with Crippen LogP contribution in [0.3, 0.4) is 0 Å². The van der Waals surface area contributed by atoms with Gasteiger partial charge >= 0.3 is 0 Å². The number of aryl methyl sites for hydroxylation is 3. The molecule has 27 heavy (non-hydrogen) atoms. The van der Waals surface area contributed by atoms with Crippen LogP contribution >= 0.6 is 23.1 Å². The van der Waals surface area contributed by atoms with E-state index in [2.05, 4.69) is 30.3 Å². The van der Waals surface area contributed by atoms with Crippen LogP contribution < -0.4 is 5.56 Å². The van der Waals surface area contributed by atoms with Crippen molar-refractivity contribution in [1.82, 2.24) is 19.5 Å². The molecular formula is C20H26N4OS2. The van der Waals surface area contributed by atoms with Gasteiger partial charge in [-0.2, -0.15) is 0 Å². The molecule has 0 radical (unpaired) electrons. The zero-order chi connectivity index (χ0) is 19.3. The molecule has 3 aromatic rings. The second-order valence-electron chi connectivity index (χ2n) is 7.55. The minimum Gasteiger partial charge on any atom is -0.320 e. The topological polar surface area (TPSA) is 63.6 Å². The fourth-order valence-corrected chi connectivity index (χ4v) is 6.12. The molecule has 7 heteroatoms. The lowest BCUT2D eigenvalue weighted by molar-refractivity contribution is 0.471. The van der Waals surface area contributed by atoms with Crippen molar-refractivity contribution in [2.75, 3.05) is 0 Å². The zero-order valence-electron chi connectivity index (χ0n) is 16.5. The lowest BCUT2D eigenvalue weighted by atomic mass is 10.2. The number of nitrogens with one attached hydrogen (secondary N) is 1. The third-order valence-electron chi connectivity index (χ3n) is 5.77. The minimum absolute atomic E-state index is 0.0317. The molecule has 0 aromatic carbocycles. The molecule has 1 fully saturated rings. The van der Waals surface area contributed by atoms with Crippen molar-refractivity contribution in [3.8, 4) is 0 Å². The van der Waals surface area contributed by atoms with Crippen molar-refractivity contribution in [3.63, 3.8) is 0 Å². The summed E-state index contributed by atoms with van der Waals surface area (Å²) in [5, 5.41) is 1.81. The number of nitrogens with zero attached hydrogens (tertiary/aromatic N) is 3. The Balaban J connectivity index is 1.69. The highest BCUT2D eigenvalue weighted by atomic mass is 32.2. The van der Waals surface area contributed by atoms with Crippen molar-refractivity contribution in [2.45, 2.75) is 76.8 Å². The molecule has 3 heterocycles. The fourth-order valence-electron chi connectivity index (χ4n) is 3.95. The van der Waals surface area contributed by atoms with Crippen LogP contribution in [-0.2, 0) is 0 Å². The first-order valence-electron chi connectivity index (χ1n) is 9.58. The van der Waals surface area contributed by atoms with E-state index in [0.717, 1.165) is 37.3 Å². The van der Waals surface area contributed by atoms with E-state index in [1.165, 1.54) is 31.4 Å². The first-order chi connectivity index (χ1) is 12.9. The van der Waals surface area contributed by atoms with Crippen molar-refractivity contribution in [3.05, 3.63) is 38.0 Å². The van der Waals surface area contributed by atoms with Gasteiger partial charge in [0, 0.05) is 16.6 Å². The Hall–Kier alpha value is -1.60. The number of thiophene rings is 1. The molecule has 0 aliphatic heterocycles. The van der Waals surface area contributed by atoms with Gasteiger partial charge in [0.15, 0.2) is 5.16 Å². The molecule has 1 N–H and O–H groups in total. The number of hydrogen-bond donors (Lipinski definition) is 1. The molecule has 144 valence electrons. The van der Waals surface area contributed by atoms with E-state index < -0.39 is 0 Å². The number of aromatic amines is 1. The molecule has 1 unspecified atom stereocenters. The molecule has 0 amide bonds. The monoisotopic (exact) mass is 402 g/mol.